The van der Waals surface area contributed by atoms with Crippen LogP contribution in [0.15, 0.2) is 18.2 Å². The highest BCUT2D eigenvalue weighted by Crippen LogP contribution is 2.17. The molecule has 102 valence electrons. The van der Waals surface area contributed by atoms with Crippen molar-refractivity contribution in [3.63, 3.8) is 0 Å². The third kappa shape index (κ3) is 5.05. The summed E-state index contributed by atoms with van der Waals surface area (Å²) in [7, 11) is 1.48. The highest BCUT2D eigenvalue weighted by molar-refractivity contribution is 5.29. The van der Waals surface area contributed by atoms with Gasteiger partial charge in [0, 0.05) is 12.6 Å². The van der Waals surface area contributed by atoms with Crippen molar-refractivity contribution in [1.82, 2.24) is 5.32 Å². The first-order valence-electron chi connectivity index (χ1n) is 6.73. The minimum Gasteiger partial charge on any atom is -0.494 e. The lowest BCUT2D eigenvalue weighted by Crippen LogP contribution is -2.25. The normalized spacial score (nSPS) is 12.4. The van der Waals surface area contributed by atoms with Gasteiger partial charge in [-0.1, -0.05) is 32.3 Å². The van der Waals surface area contributed by atoms with Crippen LogP contribution < -0.4 is 10.1 Å². The molecule has 0 amide bonds. The average Bonchev–Trinajstić information content (AvgIpc) is 2.37. The van der Waals surface area contributed by atoms with Gasteiger partial charge in [0.1, 0.15) is 0 Å². The molecule has 2 nitrogen and oxygen atoms in total. The Balaban J connectivity index is 2.36. The predicted octanol–water partition coefficient (Wildman–Crippen LogP) is 3.89. The summed E-state index contributed by atoms with van der Waals surface area (Å²) in [5.41, 5.74) is 0.954. The van der Waals surface area contributed by atoms with Crippen LogP contribution in [0, 0.1) is 5.82 Å². The SMILES string of the molecule is CCCCCC(C)NCc1ccc(OC)c(F)c1. The van der Waals surface area contributed by atoms with Gasteiger partial charge in [0.15, 0.2) is 11.6 Å². The molecule has 0 fully saturated rings. The summed E-state index contributed by atoms with van der Waals surface area (Å²) in [6.07, 6.45) is 4.95. The van der Waals surface area contributed by atoms with Gasteiger partial charge in [-0.25, -0.2) is 4.39 Å². The third-order valence-corrected chi connectivity index (χ3v) is 3.11. The molecule has 0 aliphatic rings. The van der Waals surface area contributed by atoms with E-state index in [-0.39, 0.29) is 5.82 Å². The Labute approximate surface area is 110 Å². The smallest absolute Gasteiger partial charge is 0.165 e. The molecular weight excluding hydrogens is 229 g/mol. The number of unbranched alkanes of at least 4 members (excludes halogenated alkanes) is 2. The van der Waals surface area contributed by atoms with Crippen molar-refractivity contribution in [3.05, 3.63) is 29.6 Å². The molecule has 1 aromatic rings. The maximum absolute atomic E-state index is 13.5. The fraction of sp³-hybridized carbons (Fsp3) is 0.600. The number of hydrogen-bond donors (Lipinski definition) is 1. The summed E-state index contributed by atoms with van der Waals surface area (Å²) in [5.74, 6) is 0.00480. The summed E-state index contributed by atoms with van der Waals surface area (Å²) in [6.45, 7) is 5.09. The maximum Gasteiger partial charge on any atom is 0.165 e. The Morgan fingerprint density at radius 2 is 2.11 bits per heavy atom. The zero-order valence-corrected chi connectivity index (χ0v) is 11.6. The molecule has 0 radical (unpaired) electrons. The Hall–Kier alpha value is -1.09. The Morgan fingerprint density at radius 3 is 2.72 bits per heavy atom. The molecule has 0 aliphatic heterocycles. The molecular formula is C15H24FNO. The molecule has 1 rings (SSSR count). The van der Waals surface area contributed by atoms with Crippen molar-refractivity contribution in [2.75, 3.05) is 7.11 Å². The van der Waals surface area contributed by atoms with Gasteiger partial charge in [-0.2, -0.15) is 0 Å². The number of benzene rings is 1. The van der Waals surface area contributed by atoms with E-state index in [2.05, 4.69) is 19.2 Å². The minimum atomic E-state index is -0.296. The van der Waals surface area contributed by atoms with Crippen LogP contribution in [0.2, 0.25) is 0 Å². The first kappa shape index (κ1) is 15.0. The second kappa shape index (κ2) is 8.09. The monoisotopic (exact) mass is 253 g/mol. The zero-order chi connectivity index (χ0) is 13.4. The van der Waals surface area contributed by atoms with Crippen molar-refractivity contribution in [3.8, 4) is 5.75 Å². The minimum absolute atomic E-state index is 0.296. The molecule has 0 saturated heterocycles. The topological polar surface area (TPSA) is 21.3 Å². The van der Waals surface area contributed by atoms with Crippen LogP contribution in [-0.4, -0.2) is 13.2 Å². The Kier molecular flexibility index (Phi) is 6.73. The quantitative estimate of drug-likeness (QED) is 0.710. The van der Waals surface area contributed by atoms with Crippen LogP contribution in [0.5, 0.6) is 5.75 Å². The highest BCUT2D eigenvalue weighted by atomic mass is 19.1. The van der Waals surface area contributed by atoms with E-state index < -0.39 is 0 Å². The van der Waals surface area contributed by atoms with E-state index in [1.165, 1.54) is 38.9 Å². The predicted molar refractivity (Wildman–Crippen MR) is 73.4 cm³/mol. The molecule has 0 spiro atoms. The van der Waals surface area contributed by atoms with Gasteiger partial charge in [-0.15, -0.1) is 0 Å². The van der Waals surface area contributed by atoms with E-state index in [1.807, 2.05) is 6.07 Å². The van der Waals surface area contributed by atoms with Crippen molar-refractivity contribution >= 4 is 0 Å². The van der Waals surface area contributed by atoms with Gasteiger partial charge < -0.3 is 10.1 Å². The molecule has 3 heteroatoms. The molecule has 1 unspecified atom stereocenters. The zero-order valence-electron chi connectivity index (χ0n) is 11.6. The molecule has 1 aromatic carbocycles. The lowest BCUT2D eigenvalue weighted by atomic mass is 10.1. The van der Waals surface area contributed by atoms with Gasteiger partial charge >= 0.3 is 0 Å². The van der Waals surface area contributed by atoms with E-state index in [1.54, 1.807) is 6.07 Å². The lowest BCUT2D eigenvalue weighted by molar-refractivity contribution is 0.386. The van der Waals surface area contributed by atoms with Gasteiger partial charge in [-0.05, 0) is 31.0 Å². The van der Waals surface area contributed by atoms with Gasteiger partial charge in [0.05, 0.1) is 7.11 Å². The summed E-state index contributed by atoms with van der Waals surface area (Å²) in [4.78, 5) is 0. The van der Waals surface area contributed by atoms with Crippen LogP contribution >= 0.6 is 0 Å². The molecule has 0 saturated carbocycles. The van der Waals surface area contributed by atoms with Crippen molar-refractivity contribution < 1.29 is 9.13 Å². The van der Waals surface area contributed by atoms with Crippen molar-refractivity contribution in [2.24, 2.45) is 0 Å². The van der Waals surface area contributed by atoms with E-state index in [4.69, 9.17) is 4.74 Å². The van der Waals surface area contributed by atoms with E-state index >= 15 is 0 Å². The first-order chi connectivity index (χ1) is 8.67. The standard InChI is InChI=1S/C15H24FNO/c1-4-5-6-7-12(2)17-11-13-8-9-15(18-3)14(16)10-13/h8-10,12,17H,4-7,11H2,1-3H3. The summed E-state index contributed by atoms with van der Waals surface area (Å²) in [6, 6.07) is 5.58. The lowest BCUT2D eigenvalue weighted by Gasteiger charge is -2.14. The number of nitrogens with one attached hydrogen (secondary N) is 1. The molecule has 18 heavy (non-hydrogen) atoms. The number of halogens is 1. The molecule has 0 heterocycles. The Bertz CT molecular complexity index is 354. The van der Waals surface area contributed by atoms with Gasteiger partial charge in [0.25, 0.3) is 0 Å². The fourth-order valence-corrected chi connectivity index (χ4v) is 1.91. The molecule has 0 aliphatic carbocycles. The molecule has 1 N–H and O–H groups in total. The van der Waals surface area contributed by atoms with Gasteiger partial charge in [-0.3, -0.25) is 0 Å². The van der Waals surface area contributed by atoms with E-state index in [9.17, 15) is 4.39 Å². The highest BCUT2D eigenvalue weighted by Gasteiger charge is 2.05. The van der Waals surface area contributed by atoms with Crippen LogP contribution in [0.25, 0.3) is 0 Å². The van der Waals surface area contributed by atoms with Crippen LogP contribution in [0.1, 0.15) is 45.1 Å². The maximum atomic E-state index is 13.5. The second-order valence-corrected chi connectivity index (χ2v) is 4.75. The average molecular weight is 253 g/mol. The fourth-order valence-electron chi connectivity index (χ4n) is 1.91. The van der Waals surface area contributed by atoms with E-state index in [0.29, 0.717) is 18.3 Å². The van der Waals surface area contributed by atoms with Crippen LogP contribution in [0.4, 0.5) is 4.39 Å². The third-order valence-electron chi connectivity index (χ3n) is 3.11. The van der Waals surface area contributed by atoms with Crippen molar-refractivity contribution in [1.29, 1.82) is 0 Å². The van der Waals surface area contributed by atoms with Gasteiger partial charge in [0.2, 0.25) is 0 Å². The number of rotatable bonds is 8. The van der Waals surface area contributed by atoms with E-state index in [0.717, 1.165) is 5.56 Å². The largest absolute Gasteiger partial charge is 0.494 e. The molecule has 0 bridgehead atoms. The summed E-state index contributed by atoms with van der Waals surface area (Å²) < 4.78 is 18.4. The molecule has 0 aromatic heterocycles. The molecule has 1 atom stereocenters. The van der Waals surface area contributed by atoms with Crippen LogP contribution in [0.3, 0.4) is 0 Å². The van der Waals surface area contributed by atoms with Crippen LogP contribution in [-0.2, 0) is 6.54 Å². The first-order valence-corrected chi connectivity index (χ1v) is 6.73. The Morgan fingerprint density at radius 1 is 1.33 bits per heavy atom. The summed E-state index contributed by atoms with van der Waals surface area (Å²) in [5, 5.41) is 3.42. The second-order valence-electron chi connectivity index (χ2n) is 4.75. The summed E-state index contributed by atoms with van der Waals surface area (Å²) >= 11 is 0. The number of methoxy groups -OCH3 is 1. The number of hydrogen-bond acceptors (Lipinski definition) is 2. The van der Waals surface area contributed by atoms with Crippen molar-refractivity contribution in [2.45, 2.75) is 52.1 Å². The number of ether oxygens (including phenoxy) is 1.